The van der Waals surface area contributed by atoms with Crippen LogP contribution in [0.25, 0.3) is 0 Å². The van der Waals surface area contributed by atoms with Crippen LogP contribution < -0.4 is 5.32 Å². The molecule has 106 valence electrons. The minimum absolute atomic E-state index is 0.207. The summed E-state index contributed by atoms with van der Waals surface area (Å²) in [5.74, 6) is 0.622. The second kappa shape index (κ2) is 6.98. The van der Waals surface area contributed by atoms with E-state index in [1.807, 2.05) is 18.7 Å². The molecule has 0 bridgehead atoms. The van der Waals surface area contributed by atoms with Crippen LogP contribution >= 0.6 is 0 Å². The van der Waals surface area contributed by atoms with E-state index in [-0.39, 0.29) is 6.03 Å². The molecule has 0 aromatic carbocycles. The van der Waals surface area contributed by atoms with E-state index in [0.29, 0.717) is 18.0 Å². The lowest BCUT2D eigenvalue weighted by Crippen LogP contribution is -2.60. The maximum absolute atomic E-state index is 12.5. The highest BCUT2D eigenvalue weighted by Gasteiger charge is 2.31. The quantitative estimate of drug-likeness (QED) is 0.835. The molecule has 0 radical (unpaired) electrons. The molecule has 2 unspecified atom stereocenters. The zero-order valence-electron chi connectivity index (χ0n) is 12.6. The molecular weight excluding hydrogens is 226 g/mol. The van der Waals surface area contributed by atoms with Gasteiger partial charge in [-0.1, -0.05) is 13.8 Å². The van der Waals surface area contributed by atoms with Crippen molar-refractivity contribution in [1.82, 2.24) is 15.1 Å². The Morgan fingerprint density at radius 2 is 2.00 bits per heavy atom. The van der Waals surface area contributed by atoms with E-state index < -0.39 is 0 Å². The van der Waals surface area contributed by atoms with Crippen LogP contribution in [-0.2, 0) is 0 Å². The summed E-state index contributed by atoms with van der Waals surface area (Å²) in [6.07, 6.45) is 1.08. The average Bonchev–Trinajstić information content (AvgIpc) is 2.32. The van der Waals surface area contributed by atoms with E-state index in [1.54, 1.807) is 0 Å². The third-order valence-corrected chi connectivity index (χ3v) is 3.64. The highest BCUT2D eigenvalue weighted by atomic mass is 16.2. The standard InChI is InChI=1S/C14H29N3O/c1-6-16(7-2)14(18)17-10-12(5)15-9-13(17)8-11(3)4/h11-13,15H,6-10H2,1-5H3. The van der Waals surface area contributed by atoms with E-state index in [2.05, 4.69) is 31.0 Å². The molecule has 0 aromatic heterocycles. The number of urea groups is 1. The third-order valence-electron chi connectivity index (χ3n) is 3.64. The number of carbonyl (C=O) groups excluding carboxylic acids is 1. The van der Waals surface area contributed by atoms with Crippen LogP contribution in [0.15, 0.2) is 0 Å². The van der Waals surface area contributed by atoms with E-state index in [4.69, 9.17) is 0 Å². The molecule has 1 aliphatic heterocycles. The van der Waals surface area contributed by atoms with Gasteiger partial charge in [0.05, 0.1) is 0 Å². The number of nitrogens with zero attached hydrogens (tertiary/aromatic N) is 2. The van der Waals surface area contributed by atoms with Gasteiger partial charge in [0.1, 0.15) is 0 Å². The minimum Gasteiger partial charge on any atom is -0.325 e. The van der Waals surface area contributed by atoms with Gasteiger partial charge in [0.25, 0.3) is 0 Å². The molecular formula is C14H29N3O. The summed E-state index contributed by atoms with van der Waals surface area (Å²) >= 11 is 0. The maximum atomic E-state index is 12.5. The van der Waals surface area contributed by atoms with Crippen molar-refractivity contribution in [3.8, 4) is 0 Å². The van der Waals surface area contributed by atoms with Gasteiger partial charge in [-0.3, -0.25) is 0 Å². The maximum Gasteiger partial charge on any atom is 0.320 e. The lowest BCUT2D eigenvalue weighted by molar-refractivity contribution is 0.104. The van der Waals surface area contributed by atoms with Gasteiger partial charge in [0, 0.05) is 38.3 Å². The van der Waals surface area contributed by atoms with Crippen LogP contribution in [-0.4, -0.2) is 54.1 Å². The van der Waals surface area contributed by atoms with Crippen molar-refractivity contribution in [3.05, 3.63) is 0 Å². The first-order chi connectivity index (χ1) is 8.49. The normalized spacial score (nSPS) is 24.4. The Bertz CT molecular complexity index is 264. The van der Waals surface area contributed by atoms with Crippen LogP contribution in [0.1, 0.15) is 41.0 Å². The number of amides is 2. The first-order valence-electron chi connectivity index (χ1n) is 7.28. The van der Waals surface area contributed by atoms with Gasteiger partial charge in [0.2, 0.25) is 0 Å². The fourth-order valence-electron chi connectivity index (χ4n) is 2.62. The first kappa shape index (κ1) is 15.3. The number of rotatable bonds is 4. The number of nitrogens with one attached hydrogen (secondary N) is 1. The molecule has 0 spiro atoms. The molecule has 2 amide bonds. The van der Waals surface area contributed by atoms with Crippen LogP contribution in [0.3, 0.4) is 0 Å². The van der Waals surface area contributed by atoms with Crippen molar-refractivity contribution in [3.63, 3.8) is 0 Å². The Morgan fingerprint density at radius 1 is 1.39 bits per heavy atom. The van der Waals surface area contributed by atoms with Crippen LogP contribution in [0.2, 0.25) is 0 Å². The molecule has 4 nitrogen and oxygen atoms in total. The average molecular weight is 255 g/mol. The predicted octanol–water partition coefficient (Wildman–Crippen LogP) is 2.16. The molecule has 0 aromatic rings. The molecule has 0 saturated carbocycles. The van der Waals surface area contributed by atoms with Gasteiger partial charge in [-0.15, -0.1) is 0 Å². The van der Waals surface area contributed by atoms with Crippen molar-refractivity contribution < 1.29 is 4.79 Å². The first-order valence-corrected chi connectivity index (χ1v) is 7.28. The molecule has 0 aliphatic carbocycles. The SMILES string of the molecule is CCN(CC)C(=O)N1CC(C)NCC1CC(C)C. The molecule has 18 heavy (non-hydrogen) atoms. The van der Waals surface area contributed by atoms with Crippen LogP contribution in [0, 0.1) is 5.92 Å². The number of piperazine rings is 1. The Morgan fingerprint density at radius 3 is 2.50 bits per heavy atom. The van der Waals surface area contributed by atoms with Crippen molar-refractivity contribution in [2.24, 2.45) is 5.92 Å². The van der Waals surface area contributed by atoms with E-state index >= 15 is 0 Å². The van der Waals surface area contributed by atoms with Gasteiger partial charge in [-0.2, -0.15) is 0 Å². The van der Waals surface area contributed by atoms with Gasteiger partial charge in [-0.25, -0.2) is 4.79 Å². The summed E-state index contributed by atoms with van der Waals surface area (Å²) in [6, 6.07) is 0.946. The molecule has 1 heterocycles. The third kappa shape index (κ3) is 3.87. The fraction of sp³-hybridized carbons (Fsp3) is 0.929. The van der Waals surface area contributed by atoms with E-state index in [0.717, 1.165) is 32.6 Å². The molecule has 1 aliphatic rings. The molecule has 2 atom stereocenters. The molecule has 1 saturated heterocycles. The zero-order valence-corrected chi connectivity index (χ0v) is 12.6. The Kier molecular flexibility index (Phi) is 5.93. The Hall–Kier alpha value is -0.770. The van der Waals surface area contributed by atoms with Crippen molar-refractivity contribution in [2.75, 3.05) is 26.2 Å². The van der Waals surface area contributed by atoms with Crippen molar-refractivity contribution in [1.29, 1.82) is 0 Å². The predicted molar refractivity (Wildman–Crippen MR) is 75.7 cm³/mol. The highest BCUT2D eigenvalue weighted by Crippen LogP contribution is 2.17. The minimum atomic E-state index is 0.207. The van der Waals surface area contributed by atoms with Gasteiger partial charge < -0.3 is 15.1 Å². The summed E-state index contributed by atoms with van der Waals surface area (Å²) in [5, 5.41) is 3.48. The van der Waals surface area contributed by atoms with Crippen LogP contribution in [0.4, 0.5) is 4.79 Å². The number of carbonyl (C=O) groups is 1. The molecule has 1 rings (SSSR count). The van der Waals surface area contributed by atoms with Crippen LogP contribution in [0.5, 0.6) is 0 Å². The lowest BCUT2D eigenvalue weighted by Gasteiger charge is -2.42. The summed E-state index contributed by atoms with van der Waals surface area (Å²) in [4.78, 5) is 16.5. The summed E-state index contributed by atoms with van der Waals surface area (Å²) in [6.45, 7) is 14.0. The Labute approximate surface area is 112 Å². The van der Waals surface area contributed by atoms with E-state index in [1.165, 1.54) is 0 Å². The molecule has 4 heteroatoms. The van der Waals surface area contributed by atoms with Crippen molar-refractivity contribution >= 4 is 6.03 Å². The fourth-order valence-corrected chi connectivity index (χ4v) is 2.62. The topological polar surface area (TPSA) is 35.6 Å². The van der Waals surface area contributed by atoms with Gasteiger partial charge in [0.15, 0.2) is 0 Å². The smallest absolute Gasteiger partial charge is 0.320 e. The second-order valence-electron chi connectivity index (χ2n) is 5.70. The van der Waals surface area contributed by atoms with E-state index in [9.17, 15) is 4.79 Å². The zero-order chi connectivity index (χ0) is 13.7. The van der Waals surface area contributed by atoms with Gasteiger partial charge >= 0.3 is 6.03 Å². The second-order valence-corrected chi connectivity index (χ2v) is 5.70. The van der Waals surface area contributed by atoms with Gasteiger partial charge in [-0.05, 0) is 33.1 Å². The monoisotopic (exact) mass is 255 g/mol. The number of hydrogen-bond acceptors (Lipinski definition) is 2. The summed E-state index contributed by atoms with van der Waals surface area (Å²) in [7, 11) is 0. The summed E-state index contributed by atoms with van der Waals surface area (Å²) in [5.41, 5.74) is 0. The highest BCUT2D eigenvalue weighted by molar-refractivity contribution is 5.75. The van der Waals surface area contributed by atoms with Crippen molar-refractivity contribution in [2.45, 2.75) is 53.1 Å². The molecule has 1 N–H and O–H groups in total. The Balaban J connectivity index is 2.74. The summed E-state index contributed by atoms with van der Waals surface area (Å²) < 4.78 is 0. The number of hydrogen-bond donors (Lipinski definition) is 1. The lowest BCUT2D eigenvalue weighted by atomic mass is 9.99. The molecule has 1 fully saturated rings. The largest absolute Gasteiger partial charge is 0.325 e.